The molecule has 12 nitrogen and oxygen atoms in total. The number of amides is 1. The van der Waals surface area contributed by atoms with Crippen LogP contribution in [0.2, 0.25) is 0 Å². The van der Waals surface area contributed by atoms with E-state index in [9.17, 15) is 23.1 Å². The lowest BCUT2D eigenvalue weighted by Crippen LogP contribution is -2.31. The van der Waals surface area contributed by atoms with Gasteiger partial charge < -0.3 is 34.1 Å². The molecular weight excluding hydrogens is 676 g/mol. The Morgan fingerprint density at radius 2 is 1.51 bits per heavy atom. The number of nitrogens with one attached hydrogen (secondary N) is 2. The summed E-state index contributed by atoms with van der Waals surface area (Å²) < 4.78 is 55.1. The highest BCUT2D eigenvalue weighted by atomic mass is 32.2. The third kappa shape index (κ3) is 11.9. The van der Waals surface area contributed by atoms with E-state index in [0.29, 0.717) is 16.8 Å². The van der Waals surface area contributed by atoms with Gasteiger partial charge in [0.2, 0.25) is 0 Å². The van der Waals surface area contributed by atoms with Crippen molar-refractivity contribution in [2.24, 2.45) is 0 Å². The highest BCUT2D eigenvalue weighted by molar-refractivity contribution is 7.94. The molecule has 270 valence electrons. The molecule has 4 aromatic carbocycles. The van der Waals surface area contributed by atoms with Gasteiger partial charge in [0.05, 0.1) is 5.75 Å². The Morgan fingerprint density at radius 1 is 0.824 bits per heavy atom. The van der Waals surface area contributed by atoms with Gasteiger partial charge in [-0.2, -0.15) is 0 Å². The summed E-state index contributed by atoms with van der Waals surface area (Å²) in [5.41, 5.74) is 3.11. The Hall–Kier alpha value is -5.37. The van der Waals surface area contributed by atoms with Crippen molar-refractivity contribution in [1.29, 1.82) is 0 Å². The van der Waals surface area contributed by atoms with Crippen molar-refractivity contribution in [2.45, 2.75) is 39.6 Å². The number of esters is 1. The zero-order valence-corrected chi connectivity index (χ0v) is 29.6. The number of phenolic OH excluding ortho intramolecular Hbond substituents is 1. The smallest absolute Gasteiger partial charge is 0.417 e. The predicted molar refractivity (Wildman–Crippen MR) is 195 cm³/mol. The Bertz CT molecular complexity index is 1900. The topological polar surface area (TPSA) is 159 Å². The monoisotopic (exact) mass is 718 g/mol. The zero-order valence-electron chi connectivity index (χ0n) is 28.8. The average Bonchev–Trinajstić information content (AvgIpc) is 3.10. The minimum Gasteiger partial charge on any atom is -0.504 e. The third-order valence-electron chi connectivity index (χ3n) is 7.32. The number of carbonyl (C=O) groups excluding carboxylic acids is 2. The SMILES string of the molecule is CCOC(CS(=O)(=O)/C=C/c1ccc(OC(C)=O)c(OC(=O)Nc2ccc(NC)cc2)c1)C(OCC)c1ccc(OCc2ccccc2)c(O)c1. The molecule has 0 saturated carbocycles. The van der Waals surface area contributed by atoms with Crippen molar-refractivity contribution >= 4 is 39.4 Å². The Balaban J connectivity index is 1.50. The highest BCUT2D eigenvalue weighted by Gasteiger charge is 2.29. The minimum absolute atomic E-state index is 0.0288. The lowest BCUT2D eigenvalue weighted by atomic mass is 10.0. The van der Waals surface area contributed by atoms with Crippen LogP contribution in [0.15, 0.2) is 96.4 Å². The van der Waals surface area contributed by atoms with E-state index < -0.39 is 39.9 Å². The Labute approximate surface area is 297 Å². The first kappa shape index (κ1) is 38.4. The highest BCUT2D eigenvalue weighted by Crippen LogP contribution is 2.34. The maximum absolute atomic E-state index is 13.4. The fraction of sp³-hybridized carbons (Fsp3) is 0.263. The fourth-order valence-electron chi connectivity index (χ4n) is 4.98. The summed E-state index contributed by atoms with van der Waals surface area (Å²) in [4.78, 5) is 24.4. The number of hydrogen-bond acceptors (Lipinski definition) is 11. The summed E-state index contributed by atoms with van der Waals surface area (Å²) in [5, 5.41) is 17.4. The van der Waals surface area contributed by atoms with E-state index in [0.717, 1.165) is 16.7 Å². The van der Waals surface area contributed by atoms with Crippen molar-refractivity contribution in [1.82, 2.24) is 0 Å². The first-order chi connectivity index (χ1) is 24.5. The second-order valence-corrected chi connectivity index (χ2v) is 13.1. The second-order valence-electron chi connectivity index (χ2n) is 11.1. The molecule has 0 bridgehead atoms. The molecule has 2 unspecified atom stereocenters. The summed E-state index contributed by atoms with van der Waals surface area (Å²) in [6.45, 7) is 5.44. The van der Waals surface area contributed by atoms with Gasteiger partial charge in [0.25, 0.3) is 0 Å². The zero-order chi connectivity index (χ0) is 36.8. The van der Waals surface area contributed by atoms with E-state index in [1.165, 1.54) is 37.3 Å². The minimum atomic E-state index is -3.92. The van der Waals surface area contributed by atoms with Gasteiger partial charge in [-0.1, -0.05) is 42.5 Å². The van der Waals surface area contributed by atoms with Crippen LogP contribution >= 0.6 is 0 Å². The molecule has 1 amide bonds. The van der Waals surface area contributed by atoms with Crippen LogP contribution < -0.4 is 24.8 Å². The molecule has 0 fully saturated rings. The Kier molecular flexibility index (Phi) is 14.0. The van der Waals surface area contributed by atoms with Crippen molar-refractivity contribution < 1.29 is 46.8 Å². The summed E-state index contributed by atoms with van der Waals surface area (Å²) in [6.07, 6.45) is -1.28. The van der Waals surface area contributed by atoms with Crippen LogP contribution in [0.25, 0.3) is 6.08 Å². The molecule has 0 aliphatic rings. The molecule has 13 heteroatoms. The lowest BCUT2D eigenvalue weighted by Gasteiger charge is -2.27. The van der Waals surface area contributed by atoms with Gasteiger partial charge in [0.15, 0.2) is 32.8 Å². The van der Waals surface area contributed by atoms with Gasteiger partial charge in [-0.05, 0) is 85.1 Å². The molecular formula is C38H42N2O10S. The standard InChI is InChI=1S/C38H42N2O10S/c1-5-46-36(37(47-6-2)29-13-19-33(32(42)23-29)48-24-28-10-8-7-9-11-28)25-51(44,45)21-20-27-12-18-34(49-26(3)41)35(22-27)50-38(43)40-31-16-14-30(39-4)15-17-31/h7-23,36-37,39,42H,5-6,24-25H2,1-4H3,(H,40,43)/b21-20+. The number of sulfone groups is 1. The number of anilines is 2. The molecule has 0 radical (unpaired) electrons. The summed E-state index contributed by atoms with van der Waals surface area (Å²) in [5.74, 6) is -1.07. The van der Waals surface area contributed by atoms with Crippen LogP contribution in [0.4, 0.5) is 16.2 Å². The summed E-state index contributed by atoms with van der Waals surface area (Å²) in [7, 11) is -2.16. The molecule has 4 aromatic rings. The molecule has 0 saturated heterocycles. The van der Waals surface area contributed by atoms with Crippen molar-refractivity contribution in [3.05, 3.63) is 113 Å². The number of aromatic hydroxyl groups is 1. The first-order valence-electron chi connectivity index (χ1n) is 16.2. The predicted octanol–water partition coefficient (Wildman–Crippen LogP) is 7.12. The van der Waals surface area contributed by atoms with Gasteiger partial charge in [-0.15, -0.1) is 0 Å². The average molecular weight is 719 g/mol. The van der Waals surface area contributed by atoms with Crippen LogP contribution in [0.5, 0.6) is 23.0 Å². The molecule has 0 aliphatic carbocycles. The number of benzene rings is 4. The van der Waals surface area contributed by atoms with E-state index >= 15 is 0 Å². The van der Waals surface area contributed by atoms with E-state index in [1.807, 2.05) is 30.3 Å². The molecule has 2 atom stereocenters. The fourth-order valence-corrected chi connectivity index (χ4v) is 6.19. The van der Waals surface area contributed by atoms with Gasteiger partial charge >= 0.3 is 12.1 Å². The number of hydrogen-bond donors (Lipinski definition) is 3. The van der Waals surface area contributed by atoms with Crippen LogP contribution in [0.1, 0.15) is 43.6 Å². The molecule has 51 heavy (non-hydrogen) atoms. The van der Waals surface area contributed by atoms with Crippen LogP contribution in [0.3, 0.4) is 0 Å². The normalized spacial score (nSPS) is 12.5. The quantitative estimate of drug-likeness (QED) is 0.0754. The summed E-state index contributed by atoms with van der Waals surface area (Å²) >= 11 is 0. The van der Waals surface area contributed by atoms with Crippen LogP contribution in [-0.2, 0) is 30.7 Å². The third-order valence-corrected chi connectivity index (χ3v) is 8.67. The van der Waals surface area contributed by atoms with E-state index in [2.05, 4.69) is 10.6 Å². The number of carbonyl (C=O) groups is 2. The van der Waals surface area contributed by atoms with E-state index in [4.69, 9.17) is 23.7 Å². The molecule has 0 heterocycles. The maximum atomic E-state index is 13.4. The van der Waals surface area contributed by atoms with Crippen molar-refractivity contribution in [2.75, 3.05) is 36.6 Å². The van der Waals surface area contributed by atoms with Gasteiger partial charge in [-0.25, -0.2) is 13.2 Å². The van der Waals surface area contributed by atoms with E-state index in [-0.39, 0.29) is 42.8 Å². The largest absolute Gasteiger partial charge is 0.504 e. The summed E-state index contributed by atoms with van der Waals surface area (Å²) in [6, 6.07) is 25.5. The van der Waals surface area contributed by atoms with Gasteiger partial charge in [0, 0.05) is 44.0 Å². The first-order valence-corrected chi connectivity index (χ1v) is 17.9. The maximum Gasteiger partial charge on any atom is 0.417 e. The molecule has 0 aliphatic heterocycles. The number of ether oxygens (including phenoxy) is 5. The van der Waals surface area contributed by atoms with Crippen molar-refractivity contribution in [3.63, 3.8) is 0 Å². The molecule has 4 rings (SSSR count). The molecule has 0 spiro atoms. The van der Waals surface area contributed by atoms with E-state index in [1.54, 1.807) is 57.3 Å². The lowest BCUT2D eigenvalue weighted by molar-refractivity contribution is -0.132. The van der Waals surface area contributed by atoms with Crippen LogP contribution in [-0.4, -0.2) is 57.7 Å². The van der Waals surface area contributed by atoms with Crippen molar-refractivity contribution in [3.8, 4) is 23.0 Å². The van der Waals surface area contributed by atoms with Crippen LogP contribution in [0, 0.1) is 0 Å². The molecule has 3 N–H and O–H groups in total. The van der Waals surface area contributed by atoms with Gasteiger partial charge in [0.1, 0.15) is 18.8 Å². The molecule has 0 aromatic heterocycles. The number of phenols is 1. The number of rotatable bonds is 17. The van der Waals surface area contributed by atoms with Gasteiger partial charge in [-0.3, -0.25) is 10.1 Å². The second kappa shape index (κ2) is 18.6. The Morgan fingerprint density at radius 3 is 2.16 bits per heavy atom.